The summed E-state index contributed by atoms with van der Waals surface area (Å²) < 4.78 is 5.96. The number of nitrogens with one attached hydrogen (secondary N) is 1. The molecule has 5 heteroatoms. The van der Waals surface area contributed by atoms with Gasteiger partial charge >= 0.3 is 0 Å². The summed E-state index contributed by atoms with van der Waals surface area (Å²) in [5, 5.41) is 3.11. The number of amides is 1. The van der Waals surface area contributed by atoms with E-state index in [-0.39, 0.29) is 17.9 Å². The Hall–Kier alpha value is -2.82. The second-order valence-electron chi connectivity index (χ2n) is 7.91. The minimum Gasteiger partial charge on any atom is -0.491 e. The van der Waals surface area contributed by atoms with Crippen LogP contribution < -0.4 is 15.0 Å². The van der Waals surface area contributed by atoms with E-state index in [0.29, 0.717) is 12.2 Å². The minimum absolute atomic E-state index is 0.0307. The molecular weight excluding hydrogens is 364 g/mol. The molecule has 0 unspecified atom stereocenters. The zero-order valence-electron chi connectivity index (χ0n) is 17.5. The van der Waals surface area contributed by atoms with Crippen molar-refractivity contribution in [2.24, 2.45) is 5.92 Å². The van der Waals surface area contributed by atoms with E-state index in [1.54, 1.807) is 0 Å². The highest BCUT2D eigenvalue weighted by molar-refractivity contribution is 5.79. The standard InChI is InChI=1S/C24H30N2O3/c1-17-5-4-6-18(2)23(17)29-16-19(3)25-24(28)21-11-13-26(14-12-21)22-9-7-20(15-27)8-10-22/h4-10,15,19,21H,11-14,16H2,1-3H3,(H,25,28)/t19-/m0/s1. The molecule has 154 valence electrons. The largest absolute Gasteiger partial charge is 0.491 e. The van der Waals surface area contributed by atoms with Crippen molar-refractivity contribution < 1.29 is 14.3 Å². The number of ether oxygens (including phenoxy) is 1. The molecule has 0 bridgehead atoms. The van der Waals surface area contributed by atoms with Gasteiger partial charge in [0.25, 0.3) is 0 Å². The molecule has 1 saturated heterocycles. The molecule has 1 fully saturated rings. The van der Waals surface area contributed by atoms with Gasteiger partial charge in [0.2, 0.25) is 5.91 Å². The van der Waals surface area contributed by atoms with Crippen LogP contribution in [0.3, 0.4) is 0 Å². The maximum Gasteiger partial charge on any atom is 0.223 e. The highest BCUT2D eigenvalue weighted by Crippen LogP contribution is 2.24. The average molecular weight is 395 g/mol. The Morgan fingerprint density at radius 2 is 1.76 bits per heavy atom. The van der Waals surface area contributed by atoms with Crippen molar-refractivity contribution in [1.82, 2.24) is 5.32 Å². The monoisotopic (exact) mass is 394 g/mol. The van der Waals surface area contributed by atoms with Gasteiger partial charge in [-0.05, 0) is 69.0 Å². The fourth-order valence-corrected chi connectivity index (χ4v) is 3.80. The van der Waals surface area contributed by atoms with Gasteiger partial charge in [-0.1, -0.05) is 18.2 Å². The van der Waals surface area contributed by atoms with E-state index < -0.39 is 0 Å². The van der Waals surface area contributed by atoms with Crippen LogP contribution in [-0.4, -0.2) is 37.9 Å². The maximum atomic E-state index is 12.7. The van der Waals surface area contributed by atoms with Crippen LogP contribution >= 0.6 is 0 Å². The van der Waals surface area contributed by atoms with Gasteiger partial charge in [-0.2, -0.15) is 0 Å². The quantitative estimate of drug-likeness (QED) is 0.723. The summed E-state index contributed by atoms with van der Waals surface area (Å²) >= 11 is 0. The molecule has 0 spiro atoms. The topological polar surface area (TPSA) is 58.6 Å². The lowest BCUT2D eigenvalue weighted by molar-refractivity contribution is -0.126. The summed E-state index contributed by atoms with van der Waals surface area (Å²) in [6.45, 7) is 8.18. The molecule has 1 aliphatic heterocycles. The third kappa shape index (κ3) is 5.37. The number of carbonyl (C=O) groups excluding carboxylic acids is 2. The lowest BCUT2D eigenvalue weighted by Crippen LogP contribution is -2.44. The average Bonchev–Trinajstić information content (AvgIpc) is 2.73. The van der Waals surface area contributed by atoms with Crippen molar-refractivity contribution in [3.05, 3.63) is 59.2 Å². The number of hydrogen-bond donors (Lipinski definition) is 1. The SMILES string of the molecule is Cc1cccc(C)c1OC[C@H](C)NC(=O)C1CCN(c2ccc(C=O)cc2)CC1. The highest BCUT2D eigenvalue weighted by atomic mass is 16.5. The Bertz CT molecular complexity index is 819. The van der Waals surface area contributed by atoms with Gasteiger partial charge < -0.3 is 15.0 Å². The number of nitrogens with zero attached hydrogens (tertiary/aromatic N) is 1. The summed E-state index contributed by atoms with van der Waals surface area (Å²) in [5.74, 6) is 1.05. The van der Waals surface area contributed by atoms with Crippen LogP contribution in [0.15, 0.2) is 42.5 Å². The van der Waals surface area contributed by atoms with Crippen LogP contribution in [-0.2, 0) is 4.79 Å². The molecule has 1 aliphatic rings. The van der Waals surface area contributed by atoms with Gasteiger partial charge in [0.05, 0.1) is 6.04 Å². The van der Waals surface area contributed by atoms with E-state index in [2.05, 4.69) is 10.2 Å². The smallest absolute Gasteiger partial charge is 0.223 e. The molecule has 3 rings (SSSR count). The van der Waals surface area contributed by atoms with Crippen molar-refractivity contribution in [2.75, 3.05) is 24.6 Å². The Kier molecular flexibility index (Phi) is 6.91. The molecule has 0 aromatic heterocycles. The van der Waals surface area contributed by atoms with Gasteiger partial charge in [-0.15, -0.1) is 0 Å². The molecular formula is C24H30N2O3. The van der Waals surface area contributed by atoms with Crippen molar-refractivity contribution in [3.8, 4) is 5.75 Å². The molecule has 0 radical (unpaired) electrons. The lowest BCUT2D eigenvalue weighted by atomic mass is 9.95. The fraction of sp³-hybridized carbons (Fsp3) is 0.417. The van der Waals surface area contributed by atoms with E-state index in [1.807, 2.05) is 63.2 Å². The van der Waals surface area contributed by atoms with Gasteiger partial charge in [-0.25, -0.2) is 0 Å². The van der Waals surface area contributed by atoms with Crippen molar-refractivity contribution in [1.29, 1.82) is 0 Å². The third-order valence-corrected chi connectivity index (χ3v) is 5.54. The van der Waals surface area contributed by atoms with Crippen molar-refractivity contribution in [3.63, 3.8) is 0 Å². The summed E-state index contributed by atoms with van der Waals surface area (Å²) in [5.41, 5.74) is 4.00. The van der Waals surface area contributed by atoms with Gasteiger partial charge in [0, 0.05) is 30.3 Å². The molecule has 1 N–H and O–H groups in total. The molecule has 1 heterocycles. The number of para-hydroxylation sites is 1. The number of anilines is 1. The molecule has 29 heavy (non-hydrogen) atoms. The van der Waals surface area contributed by atoms with E-state index >= 15 is 0 Å². The first-order valence-corrected chi connectivity index (χ1v) is 10.3. The number of hydrogen-bond acceptors (Lipinski definition) is 4. The van der Waals surface area contributed by atoms with E-state index in [0.717, 1.165) is 54.8 Å². The van der Waals surface area contributed by atoms with Crippen molar-refractivity contribution in [2.45, 2.75) is 39.7 Å². The molecule has 2 aromatic carbocycles. The number of benzene rings is 2. The van der Waals surface area contributed by atoms with Gasteiger partial charge in [0.15, 0.2) is 0 Å². The molecule has 0 aliphatic carbocycles. The first-order valence-electron chi connectivity index (χ1n) is 10.3. The lowest BCUT2D eigenvalue weighted by Gasteiger charge is -2.33. The van der Waals surface area contributed by atoms with Crippen LogP contribution in [0.4, 0.5) is 5.69 Å². The van der Waals surface area contributed by atoms with E-state index in [9.17, 15) is 9.59 Å². The van der Waals surface area contributed by atoms with Crippen molar-refractivity contribution >= 4 is 17.9 Å². The summed E-state index contributed by atoms with van der Waals surface area (Å²) in [6, 6.07) is 13.6. The Morgan fingerprint density at radius 1 is 1.14 bits per heavy atom. The normalized spacial score (nSPS) is 15.6. The summed E-state index contributed by atoms with van der Waals surface area (Å²) in [4.78, 5) is 25.7. The predicted octanol–water partition coefficient (Wildman–Crippen LogP) is 3.92. The van der Waals surface area contributed by atoms with E-state index in [1.165, 1.54) is 0 Å². The number of carbonyl (C=O) groups is 2. The van der Waals surface area contributed by atoms with Crippen LogP contribution in [0.25, 0.3) is 0 Å². The molecule has 5 nitrogen and oxygen atoms in total. The number of rotatable bonds is 7. The first-order chi connectivity index (χ1) is 14.0. The van der Waals surface area contributed by atoms with Crippen LogP contribution in [0.2, 0.25) is 0 Å². The van der Waals surface area contributed by atoms with Gasteiger partial charge in [-0.3, -0.25) is 9.59 Å². The number of aryl methyl sites for hydroxylation is 2. The molecule has 2 aromatic rings. The first kappa shape index (κ1) is 20.9. The Morgan fingerprint density at radius 3 is 2.34 bits per heavy atom. The Labute approximate surface area is 173 Å². The second kappa shape index (κ2) is 9.59. The maximum absolute atomic E-state index is 12.7. The zero-order valence-corrected chi connectivity index (χ0v) is 17.5. The van der Waals surface area contributed by atoms with Crippen LogP contribution in [0, 0.1) is 19.8 Å². The summed E-state index contributed by atoms with van der Waals surface area (Å²) in [7, 11) is 0. The van der Waals surface area contributed by atoms with E-state index in [4.69, 9.17) is 4.74 Å². The van der Waals surface area contributed by atoms with Gasteiger partial charge in [0.1, 0.15) is 18.6 Å². The second-order valence-corrected chi connectivity index (χ2v) is 7.91. The molecule has 0 saturated carbocycles. The summed E-state index contributed by atoms with van der Waals surface area (Å²) in [6.07, 6.45) is 2.50. The minimum atomic E-state index is -0.0459. The van der Waals surface area contributed by atoms with Crippen LogP contribution in [0.1, 0.15) is 41.3 Å². The van der Waals surface area contributed by atoms with Crippen LogP contribution in [0.5, 0.6) is 5.75 Å². The molecule has 1 amide bonds. The third-order valence-electron chi connectivity index (χ3n) is 5.54. The highest BCUT2D eigenvalue weighted by Gasteiger charge is 2.26. The predicted molar refractivity (Wildman–Crippen MR) is 116 cm³/mol. The molecule has 1 atom stereocenters. The fourth-order valence-electron chi connectivity index (χ4n) is 3.80. The number of aldehydes is 1. The zero-order chi connectivity index (χ0) is 20.8. The number of piperidine rings is 1. The Balaban J connectivity index is 1.45.